The molecule has 6 nitrogen and oxygen atoms in total. The number of hydrogen-bond donors (Lipinski definition) is 1. The van der Waals surface area contributed by atoms with Gasteiger partial charge in [-0.1, -0.05) is 29.8 Å². The number of nitrogens with zero attached hydrogens (tertiary/aromatic N) is 3. The first kappa shape index (κ1) is 17.4. The predicted octanol–water partition coefficient (Wildman–Crippen LogP) is 3.16. The van der Waals surface area contributed by atoms with Gasteiger partial charge in [0.05, 0.1) is 22.5 Å². The van der Waals surface area contributed by atoms with Gasteiger partial charge in [-0.05, 0) is 31.5 Å². The molecule has 2 heterocycles. The normalized spacial score (nSPS) is 12.3. The van der Waals surface area contributed by atoms with E-state index in [1.54, 1.807) is 23.9 Å². The van der Waals surface area contributed by atoms with Crippen molar-refractivity contribution in [1.29, 1.82) is 0 Å². The molecule has 0 fully saturated rings. The van der Waals surface area contributed by atoms with E-state index in [-0.39, 0.29) is 11.7 Å². The van der Waals surface area contributed by atoms with Crippen LogP contribution in [-0.2, 0) is 11.2 Å². The van der Waals surface area contributed by atoms with Crippen LogP contribution < -0.4 is 5.56 Å². The number of rotatable bonds is 5. The van der Waals surface area contributed by atoms with E-state index < -0.39 is 0 Å². The van der Waals surface area contributed by atoms with Gasteiger partial charge in [-0.25, -0.2) is 9.67 Å². The van der Waals surface area contributed by atoms with Crippen molar-refractivity contribution < 1.29 is 4.74 Å². The average molecular weight is 359 g/mol. The van der Waals surface area contributed by atoms with Gasteiger partial charge in [-0.2, -0.15) is 0 Å². The molecular formula is C18H19ClN4O2. The second-order valence-corrected chi connectivity index (χ2v) is 6.23. The van der Waals surface area contributed by atoms with Crippen LogP contribution in [0.2, 0.25) is 5.02 Å². The van der Waals surface area contributed by atoms with Gasteiger partial charge in [0.25, 0.3) is 0 Å². The summed E-state index contributed by atoms with van der Waals surface area (Å²) < 4.78 is 7.07. The highest BCUT2D eigenvalue weighted by Crippen LogP contribution is 2.26. The Kier molecular flexibility index (Phi) is 5.01. The quantitative estimate of drug-likeness (QED) is 0.760. The molecule has 0 spiro atoms. The highest BCUT2D eigenvalue weighted by atomic mass is 35.5. The summed E-state index contributed by atoms with van der Waals surface area (Å²) in [5.74, 6) is 1.15. The third kappa shape index (κ3) is 3.65. The number of pyridine rings is 1. The molecule has 0 aliphatic heterocycles. The molecule has 0 saturated carbocycles. The first-order valence-electron chi connectivity index (χ1n) is 7.93. The van der Waals surface area contributed by atoms with Crippen LogP contribution in [0.5, 0.6) is 0 Å². The maximum absolute atomic E-state index is 11.6. The van der Waals surface area contributed by atoms with E-state index in [9.17, 15) is 4.79 Å². The van der Waals surface area contributed by atoms with Crippen LogP contribution in [0.25, 0.3) is 17.2 Å². The number of aromatic nitrogens is 4. The zero-order chi connectivity index (χ0) is 18.0. The van der Waals surface area contributed by atoms with Crippen LogP contribution >= 0.6 is 11.6 Å². The van der Waals surface area contributed by atoms with E-state index >= 15 is 0 Å². The fraction of sp³-hybridized carbons (Fsp3) is 0.278. The summed E-state index contributed by atoms with van der Waals surface area (Å²) in [5.41, 5.74) is 2.06. The highest BCUT2D eigenvalue weighted by Gasteiger charge is 2.18. The van der Waals surface area contributed by atoms with Gasteiger partial charge in [-0.3, -0.25) is 4.79 Å². The lowest BCUT2D eigenvalue weighted by atomic mass is 10.2. The summed E-state index contributed by atoms with van der Waals surface area (Å²) in [6.07, 6.45) is 0.527. The van der Waals surface area contributed by atoms with Crippen LogP contribution in [-0.4, -0.2) is 33.0 Å². The number of methoxy groups -OCH3 is 1. The summed E-state index contributed by atoms with van der Waals surface area (Å²) >= 11 is 6.47. The Balaban J connectivity index is 2.15. The topological polar surface area (TPSA) is 72.8 Å². The lowest BCUT2D eigenvalue weighted by Crippen LogP contribution is -2.14. The fourth-order valence-electron chi connectivity index (χ4n) is 2.50. The molecule has 1 unspecified atom stereocenters. The number of benzene rings is 1. The smallest absolute Gasteiger partial charge is 0.248 e. The van der Waals surface area contributed by atoms with Crippen LogP contribution in [0.4, 0.5) is 0 Å². The van der Waals surface area contributed by atoms with E-state index in [2.05, 4.69) is 15.1 Å². The summed E-state index contributed by atoms with van der Waals surface area (Å²) in [6.45, 7) is 3.90. The molecule has 1 aromatic carbocycles. The van der Waals surface area contributed by atoms with E-state index in [0.29, 0.717) is 28.8 Å². The Morgan fingerprint density at radius 3 is 2.76 bits per heavy atom. The summed E-state index contributed by atoms with van der Waals surface area (Å²) in [4.78, 5) is 18.9. The third-order valence-corrected chi connectivity index (χ3v) is 4.45. The van der Waals surface area contributed by atoms with Crippen molar-refractivity contribution in [2.75, 3.05) is 7.11 Å². The van der Waals surface area contributed by atoms with Crippen molar-refractivity contribution in [2.24, 2.45) is 0 Å². The number of nitrogens with one attached hydrogen (secondary N) is 1. The largest absolute Gasteiger partial charge is 0.381 e. The van der Waals surface area contributed by atoms with Crippen molar-refractivity contribution in [2.45, 2.75) is 26.4 Å². The minimum Gasteiger partial charge on any atom is -0.381 e. The molecule has 7 heteroatoms. The summed E-state index contributed by atoms with van der Waals surface area (Å²) in [5, 5.41) is 5.19. The Morgan fingerprint density at radius 2 is 2.04 bits per heavy atom. The monoisotopic (exact) mass is 358 g/mol. The molecule has 1 atom stereocenters. The van der Waals surface area contributed by atoms with Gasteiger partial charge in [0.1, 0.15) is 5.82 Å². The number of H-pyrrole nitrogens is 1. The lowest BCUT2D eigenvalue weighted by Gasteiger charge is -2.12. The highest BCUT2D eigenvalue weighted by molar-refractivity contribution is 6.33. The number of halogens is 1. The molecule has 3 aromatic rings. The van der Waals surface area contributed by atoms with Crippen LogP contribution in [0.15, 0.2) is 41.2 Å². The molecule has 0 aliphatic rings. The predicted molar refractivity (Wildman–Crippen MR) is 97.3 cm³/mol. The summed E-state index contributed by atoms with van der Waals surface area (Å²) in [6, 6.07) is 10.6. The van der Waals surface area contributed by atoms with Crippen LogP contribution in [0.1, 0.15) is 18.3 Å². The van der Waals surface area contributed by atoms with Crippen molar-refractivity contribution in [1.82, 2.24) is 19.7 Å². The number of hydrogen-bond acceptors (Lipinski definition) is 4. The van der Waals surface area contributed by atoms with Crippen molar-refractivity contribution >= 4 is 11.6 Å². The molecule has 25 heavy (non-hydrogen) atoms. The molecule has 1 N–H and O–H groups in total. The maximum atomic E-state index is 11.6. The van der Waals surface area contributed by atoms with Gasteiger partial charge >= 0.3 is 0 Å². The van der Waals surface area contributed by atoms with Crippen LogP contribution in [0.3, 0.4) is 0 Å². The minimum absolute atomic E-state index is 0.0331. The maximum Gasteiger partial charge on any atom is 0.248 e. The molecule has 0 saturated heterocycles. The molecule has 0 radical (unpaired) electrons. The average Bonchev–Trinajstić information content (AvgIpc) is 3.01. The van der Waals surface area contributed by atoms with Gasteiger partial charge in [0.15, 0.2) is 5.82 Å². The van der Waals surface area contributed by atoms with E-state index in [4.69, 9.17) is 16.3 Å². The van der Waals surface area contributed by atoms with Crippen LogP contribution in [0, 0.1) is 6.92 Å². The molecule has 0 aliphatic carbocycles. The molecule has 0 amide bonds. The van der Waals surface area contributed by atoms with E-state index in [0.717, 1.165) is 11.3 Å². The summed E-state index contributed by atoms with van der Waals surface area (Å²) in [7, 11) is 1.65. The van der Waals surface area contributed by atoms with Gasteiger partial charge in [-0.15, -0.1) is 5.10 Å². The second kappa shape index (κ2) is 7.21. The van der Waals surface area contributed by atoms with Crippen molar-refractivity contribution in [3.8, 4) is 17.2 Å². The Bertz CT molecular complexity index is 948. The Morgan fingerprint density at radius 1 is 1.28 bits per heavy atom. The second-order valence-electron chi connectivity index (χ2n) is 5.85. The zero-order valence-corrected chi connectivity index (χ0v) is 15.0. The fourth-order valence-corrected chi connectivity index (χ4v) is 2.70. The van der Waals surface area contributed by atoms with Gasteiger partial charge < -0.3 is 9.72 Å². The first-order chi connectivity index (χ1) is 12.0. The molecular weight excluding hydrogens is 340 g/mol. The van der Waals surface area contributed by atoms with Gasteiger partial charge in [0, 0.05) is 19.6 Å². The molecule has 130 valence electrons. The van der Waals surface area contributed by atoms with Gasteiger partial charge in [0.2, 0.25) is 5.56 Å². The molecule has 2 aromatic heterocycles. The Hall–Kier alpha value is -2.44. The lowest BCUT2D eigenvalue weighted by molar-refractivity contribution is 0.116. The third-order valence-electron chi connectivity index (χ3n) is 3.96. The number of aryl methyl sites for hydroxylation is 1. The minimum atomic E-state index is -0.200. The van der Waals surface area contributed by atoms with E-state index in [1.807, 2.05) is 32.0 Å². The van der Waals surface area contributed by atoms with Crippen molar-refractivity contribution in [3.63, 3.8) is 0 Å². The number of ether oxygens (including phenoxy) is 1. The van der Waals surface area contributed by atoms with Crippen molar-refractivity contribution in [3.05, 3.63) is 63.2 Å². The molecule has 0 bridgehead atoms. The van der Waals surface area contributed by atoms with E-state index in [1.165, 1.54) is 6.07 Å². The first-order valence-corrected chi connectivity index (χ1v) is 8.31. The standard InChI is InChI=1S/C18H19ClN4O2/c1-11-6-4-8-14(17(11)19)23-15(10-12(2)25-3)21-18(22-23)13-7-5-9-16(24)20-13/h4-9,12H,10H2,1-3H3,(H,20,24). The molecule has 3 rings (SSSR count). The SMILES string of the molecule is COC(C)Cc1nc(-c2cccc(=O)[nH]2)nn1-c1cccc(C)c1Cl. The zero-order valence-electron chi connectivity index (χ0n) is 14.3. The number of aromatic amines is 1. The Labute approximate surface area is 150 Å².